The molecule has 1 fully saturated rings. The maximum Gasteiger partial charge on any atom is 0.204 e. The molecular weight excluding hydrogens is 171 g/mol. The van der Waals surface area contributed by atoms with Gasteiger partial charge in [0.2, 0.25) is 7.37 Å². The molecule has 0 spiro atoms. The average Bonchev–Trinajstić information content (AvgIpc) is 2.30. The fourth-order valence-corrected chi connectivity index (χ4v) is 4.27. The monoisotopic (exact) mass is 186 g/mol. The molecule has 1 aliphatic rings. The molecule has 1 saturated heterocycles. The fourth-order valence-electron chi connectivity index (χ4n) is 1.64. The molecule has 3 unspecified atom stereocenters. The van der Waals surface area contributed by atoms with E-state index in [9.17, 15) is 4.57 Å². The molecule has 0 radical (unpaired) electrons. The van der Waals surface area contributed by atoms with Gasteiger partial charge in [-0.15, -0.1) is 5.92 Å². The normalized spacial score (nSPS) is 40.6. The van der Waals surface area contributed by atoms with Crippen molar-refractivity contribution in [1.29, 1.82) is 0 Å². The van der Waals surface area contributed by atoms with Crippen molar-refractivity contribution < 1.29 is 9.09 Å². The van der Waals surface area contributed by atoms with Crippen LogP contribution in [0.15, 0.2) is 0 Å². The van der Waals surface area contributed by atoms with Crippen molar-refractivity contribution >= 4 is 7.37 Å². The molecule has 3 heteroatoms. The third kappa shape index (κ3) is 1.91. The van der Waals surface area contributed by atoms with Crippen molar-refractivity contribution in [2.24, 2.45) is 11.8 Å². The van der Waals surface area contributed by atoms with Crippen molar-refractivity contribution in [2.75, 3.05) is 19.4 Å². The minimum absolute atomic E-state index is 0.279. The van der Waals surface area contributed by atoms with Crippen molar-refractivity contribution in [3.05, 3.63) is 0 Å². The third-order valence-electron chi connectivity index (χ3n) is 2.39. The summed E-state index contributed by atoms with van der Waals surface area (Å²) in [6.07, 6.45) is 1.34. The highest BCUT2D eigenvalue weighted by Gasteiger charge is 2.38. The van der Waals surface area contributed by atoms with Gasteiger partial charge in [-0.25, -0.2) is 0 Å². The molecule has 0 aromatic carbocycles. The number of rotatable bonds is 1. The Morgan fingerprint density at radius 3 is 2.58 bits per heavy atom. The molecule has 0 aromatic rings. The molecule has 0 bridgehead atoms. The smallest absolute Gasteiger partial charge is 0.204 e. The van der Waals surface area contributed by atoms with Crippen LogP contribution in [0.4, 0.5) is 0 Å². The van der Waals surface area contributed by atoms with Gasteiger partial charge in [0.1, 0.15) is 0 Å². The molecule has 3 atom stereocenters. The summed E-state index contributed by atoms with van der Waals surface area (Å²) in [6, 6.07) is 0. The Morgan fingerprint density at radius 2 is 2.17 bits per heavy atom. The Kier molecular flexibility index (Phi) is 2.99. The summed E-state index contributed by atoms with van der Waals surface area (Å²) in [6.45, 7) is 3.91. The Balaban J connectivity index is 2.72. The van der Waals surface area contributed by atoms with Crippen LogP contribution in [0.3, 0.4) is 0 Å². The highest BCUT2D eigenvalue weighted by Crippen LogP contribution is 2.56. The van der Waals surface area contributed by atoms with Crippen LogP contribution in [0.5, 0.6) is 0 Å². The molecule has 0 N–H and O–H groups in total. The maximum atomic E-state index is 11.8. The van der Waals surface area contributed by atoms with Crippen molar-refractivity contribution in [2.45, 2.75) is 13.8 Å². The predicted molar refractivity (Wildman–Crippen MR) is 50.5 cm³/mol. The number of hydrogen-bond donors (Lipinski definition) is 0. The minimum atomic E-state index is -2.30. The van der Waals surface area contributed by atoms with E-state index in [0.717, 1.165) is 0 Å². The summed E-state index contributed by atoms with van der Waals surface area (Å²) < 4.78 is 16.8. The summed E-state index contributed by atoms with van der Waals surface area (Å²) in [4.78, 5) is 0. The summed E-state index contributed by atoms with van der Waals surface area (Å²) in [5.41, 5.74) is 0. The topological polar surface area (TPSA) is 26.3 Å². The summed E-state index contributed by atoms with van der Waals surface area (Å²) >= 11 is 0. The predicted octanol–water partition coefficient (Wildman–Crippen LogP) is 2.20. The first-order valence-corrected chi connectivity index (χ1v) is 6.17. The van der Waals surface area contributed by atoms with Gasteiger partial charge in [-0.1, -0.05) is 12.8 Å². The van der Waals surface area contributed by atoms with Crippen LogP contribution in [-0.4, -0.2) is 19.4 Å². The Morgan fingerprint density at radius 1 is 1.50 bits per heavy atom. The molecule has 1 aliphatic heterocycles. The van der Waals surface area contributed by atoms with E-state index in [2.05, 4.69) is 18.8 Å². The van der Waals surface area contributed by atoms with Gasteiger partial charge >= 0.3 is 0 Å². The van der Waals surface area contributed by atoms with Crippen LogP contribution in [0.1, 0.15) is 13.8 Å². The average molecular weight is 186 g/mol. The molecule has 0 saturated carbocycles. The zero-order chi connectivity index (χ0) is 9.19. The van der Waals surface area contributed by atoms with Gasteiger partial charge in [0.15, 0.2) is 0 Å². The zero-order valence-corrected chi connectivity index (χ0v) is 8.73. The van der Waals surface area contributed by atoms with Crippen LogP contribution < -0.4 is 0 Å². The lowest BCUT2D eigenvalue weighted by Gasteiger charge is -2.06. The van der Waals surface area contributed by atoms with Crippen LogP contribution in [-0.2, 0) is 9.09 Å². The molecule has 1 heterocycles. The van der Waals surface area contributed by atoms with Gasteiger partial charge in [-0.2, -0.15) is 0 Å². The molecule has 12 heavy (non-hydrogen) atoms. The van der Waals surface area contributed by atoms with Crippen LogP contribution >= 0.6 is 7.37 Å². The molecule has 68 valence electrons. The largest absolute Gasteiger partial charge is 0.332 e. The van der Waals surface area contributed by atoms with Crippen LogP contribution in [0, 0.1) is 23.7 Å². The quantitative estimate of drug-likeness (QED) is 0.463. The standard InChI is InChI=1S/C9H15O2P/c1-4-5-9-7-12(10,11-3)6-8(9)2/h8-9H,6-7H2,1-3H3. The second kappa shape index (κ2) is 3.64. The second-order valence-electron chi connectivity index (χ2n) is 3.34. The van der Waals surface area contributed by atoms with E-state index in [4.69, 9.17) is 4.52 Å². The lowest BCUT2D eigenvalue weighted by atomic mass is 9.99. The maximum absolute atomic E-state index is 11.8. The second-order valence-corrected chi connectivity index (χ2v) is 6.06. The van der Waals surface area contributed by atoms with E-state index >= 15 is 0 Å². The first kappa shape index (κ1) is 9.84. The zero-order valence-electron chi connectivity index (χ0n) is 7.83. The van der Waals surface area contributed by atoms with Crippen LogP contribution in [0.2, 0.25) is 0 Å². The molecule has 2 nitrogen and oxygen atoms in total. The van der Waals surface area contributed by atoms with Crippen molar-refractivity contribution in [1.82, 2.24) is 0 Å². The molecule has 0 amide bonds. The molecule has 0 aliphatic carbocycles. The van der Waals surface area contributed by atoms with E-state index in [1.807, 2.05) is 6.92 Å². The van der Waals surface area contributed by atoms with E-state index < -0.39 is 7.37 Å². The van der Waals surface area contributed by atoms with Crippen molar-refractivity contribution in [3.8, 4) is 11.8 Å². The van der Waals surface area contributed by atoms with Crippen molar-refractivity contribution in [3.63, 3.8) is 0 Å². The summed E-state index contributed by atoms with van der Waals surface area (Å²) in [5, 5.41) is 0. The van der Waals surface area contributed by atoms with Gasteiger partial charge < -0.3 is 4.52 Å². The van der Waals surface area contributed by atoms with Gasteiger partial charge in [0.25, 0.3) is 0 Å². The molecule has 1 rings (SSSR count). The summed E-state index contributed by atoms with van der Waals surface area (Å²) in [7, 11) is -0.758. The molecular formula is C9H15O2P. The van der Waals surface area contributed by atoms with Gasteiger partial charge in [0.05, 0.1) is 0 Å². The molecule has 0 aromatic heterocycles. The minimum Gasteiger partial charge on any atom is -0.332 e. The van der Waals surface area contributed by atoms with Crippen LogP contribution in [0.25, 0.3) is 0 Å². The van der Waals surface area contributed by atoms with Gasteiger partial charge in [0, 0.05) is 25.4 Å². The van der Waals surface area contributed by atoms with Gasteiger partial charge in [-0.3, -0.25) is 4.57 Å². The van der Waals surface area contributed by atoms with E-state index in [1.54, 1.807) is 0 Å². The Bertz CT molecular complexity index is 261. The number of hydrogen-bond acceptors (Lipinski definition) is 2. The first-order chi connectivity index (χ1) is 5.61. The van der Waals surface area contributed by atoms with E-state index in [-0.39, 0.29) is 5.92 Å². The lowest BCUT2D eigenvalue weighted by molar-refractivity contribution is 0.397. The SMILES string of the molecule is CC#CC1CP(=O)(OC)CC1C. The first-order valence-electron chi connectivity index (χ1n) is 4.17. The van der Waals surface area contributed by atoms with E-state index in [0.29, 0.717) is 18.2 Å². The summed E-state index contributed by atoms with van der Waals surface area (Å²) in [5.74, 6) is 6.65. The Labute approximate surface area is 74.1 Å². The highest BCUT2D eigenvalue weighted by atomic mass is 31.2. The van der Waals surface area contributed by atoms with E-state index in [1.165, 1.54) is 7.11 Å². The van der Waals surface area contributed by atoms with Gasteiger partial charge in [-0.05, 0) is 12.8 Å². The lowest BCUT2D eigenvalue weighted by Crippen LogP contribution is -2.04. The fraction of sp³-hybridized carbons (Fsp3) is 0.778. The highest BCUT2D eigenvalue weighted by molar-refractivity contribution is 7.59. The third-order valence-corrected chi connectivity index (χ3v) is 5.14. The Hall–Kier alpha value is -0.250.